The molecule has 1 saturated heterocycles. The summed E-state index contributed by atoms with van der Waals surface area (Å²) in [6, 6.07) is 10.6. The monoisotopic (exact) mass is 281 g/mol. The van der Waals surface area contributed by atoms with Gasteiger partial charge in [0, 0.05) is 36.1 Å². The minimum absolute atomic E-state index is 0.328. The predicted octanol–water partition coefficient (Wildman–Crippen LogP) is 2.46. The number of nitrogens with one attached hydrogen (secondary N) is 1. The quantitative estimate of drug-likeness (QED) is 0.918. The van der Waals surface area contributed by atoms with Crippen molar-refractivity contribution in [2.45, 2.75) is 25.3 Å². The van der Waals surface area contributed by atoms with E-state index in [0.29, 0.717) is 12.0 Å². The Morgan fingerprint density at radius 2 is 1.95 bits per heavy atom. The molecule has 0 saturated carbocycles. The number of hydrogen-bond acceptors (Lipinski definition) is 4. The first-order valence-corrected chi connectivity index (χ1v) is 7.60. The topological polar surface area (TPSA) is 47.0 Å². The van der Waals surface area contributed by atoms with E-state index < -0.39 is 0 Å². The number of fused-ring (bicyclic) bond motifs is 1. The van der Waals surface area contributed by atoms with Crippen LogP contribution in [0.5, 0.6) is 0 Å². The van der Waals surface area contributed by atoms with Crippen molar-refractivity contribution in [1.29, 1.82) is 0 Å². The van der Waals surface area contributed by atoms with Crippen LogP contribution in [0.3, 0.4) is 0 Å². The van der Waals surface area contributed by atoms with E-state index in [2.05, 4.69) is 24.4 Å². The van der Waals surface area contributed by atoms with E-state index in [1.54, 1.807) is 0 Å². The van der Waals surface area contributed by atoms with Crippen LogP contribution in [-0.2, 0) is 11.2 Å². The van der Waals surface area contributed by atoms with Gasteiger partial charge in [-0.2, -0.15) is 0 Å². The zero-order chi connectivity index (χ0) is 14.2. The number of benzene rings is 1. The Morgan fingerprint density at radius 1 is 1.14 bits per heavy atom. The summed E-state index contributed by atoms with van der Waals surface area (Å²) in [5.41, 5.74) is 4.78. The maximum Gasteiger partial charge on any atom is 0.159 e. The summed E-state index contributed by atoms with van der Waals surface area (Å²) in [5, 5.41) is 3.52. The lowest BCUT2D eigenvalue weighted by Crippen LogP contribution is -2.34. The first-order valence-electron chi connectivity index (χ1n) is 7.60. The van der Waals surface area contributed by atoms with Gasteiger partial charge in [-0.25, -0.2) is 9.97 Å². The van der Waals surface area contributed by atoms with Gasteiger partial charge in [0.2, 0.25) is 0 Å². The van der Waals surface area contributed by atoms with Crippen molar-refractivity contribution < 1.29 is 4.74 Å². The zero-order valence-electron chi connectivity index (χ0n) is 12.2. The molecule has 0 aliphatic carbocycles. The molecular formula is C17H19N3O. The van der Waals surface area contributed by atoms with Gasteiger partial charge in [0.05, 0.1) is 24.6 Å². The highest BCUT2D eigenvalue weighted by Gasteiger charge is 2.31. The van der Waals surface area contributed by atoms with Gasteiger partial charge >= 0.3 is 0 Å². The summed E-state index contributed by atoms with van der Waals surface area (Å²) in [6.07, 6.45) is 0.975. The molecule has 2 aliphatic heterocycles. The molecule has 3 heterocycles. The van der Waals surface area contributed by atoms with Crippen LogP contribution in [0.1, 0.15) is 35.8 Å². The summed E-state index contributed by atoms with van der Waals surface area (Å²) >= 11 is 0. The van der Waals surface area contributed by atoms with Crippen LogP contribution < -0.4 is 5.32 Å². The van der Waals surface area contributed by atoms with E-state index in [4.69, 9.17) is 14.7 Å². The maximum atomic E-state index is 5.38. The predicted molar refractivity (Wildman–Crippen MR) is 81.1 cm³/mol. The van der Waals surface area contributed by atoms with Gasteiger partial charge in [0.15, 0.2) is 5.82 Å². The number of nitrogens with zero attached hydrogens (tertiary/aromatic N) is 2. The van der Waals surface area contributed by atoms with Crippen LogP contribution in [0.15, 0.2) is 30.3 Å². The minimum atomic E-state index is 0.328. The molecule has 4 rings (SSSR count). The van der Waals surface area contributed by atoms with E-state index in [0.717, 1.165) is 37.6 Å². The SMILES string of the molecule is CC1NCCc2nc(-c3ccccc3)nc(C3COC3)c21. The molecule has 1 aromatic carbocycles. The molecule has 0 amide bonds. The summed E-state index contributed by atoms with van der Waals surface area (Å²) in [6.45, 7) is 4.75. The fourth-order valence-corrected chi connectivity index (χ4v) is 3.13. The summed E-state index contributed by atoms with van der Waals surface area (Å²) in [4.78, 5) is 9.74. The number of rotatable bonds is 2. The largest absolute Gasteiger partial charge is 0.380 e. The van der Waals surface area contributed by atoms with Crippen LogP contribution in [0, 0.1) is 0 Å². The highest BCUT2D eigenvalue weighted by Crippen LogP contribution is 2.34. The van der Waals surface area contributed by atoms with Crippen LogP contribution in [-0.4, -0.2) is 29.7 Å². The number of aromatic nitrogens is 2. The summed E-state index contributed by atoms with van der Waals surface area (Å²) < 4.78 is 5.38. The molecule has 1 N–H and O–H groups in total. The third-order valence-electron chi connectivity index (χ3n) is 4.36. The Balaban J connectivity index is 1.87. The van der Waals surface area contributed by atoms with Gasteiger partial charge in [0.25, 0.3) is 0 Å². The third-order valence-corrected chi connectivity index (χ3v) is 4.36. The van der Waals surface area contributed by atoms with Crippen LogP contribution >= 0.6 is 0 Å². The number of hydrogen-bond donors (Lipinski definition) is 1. The molecule has 108 valence electrons. The molecular weight excluding hydrogens is 262 g/mol. The van der Waals surface area contributed by atoms with E-state index >= 15 is 0 Å². The Morgan fingerprint density at radius 3 is 2.67 bits per heavy atom. The molecule has 0 radical (unpaired) electrons. The highest BCUT2D eigenvalue weighted by molar-refractivity contribution is 5.56. The van der Waals surface area contributed by atoms with Crippen molar-refractivity contribution in [2.75, 3.05) is 19.8 Å². The second-order valence-corrected chi connectivity index (χ2v) is 5.82. The lowest BCUT2D eigenvalue weighted by Gasteiger charge is -2.32. The van der Waals surface area contributed by atoms with Crippen LogP contribution in [0.25, 0.3) is 11.4 Å². The first kappa shape index (κ1) is 12.9. The molecule has 2 aromatic rings. The van der Waals surface area contributed by atoms with Crippen molar-refractivity contribution >= 4 is 0 Å². The first-order chi connectivity index (χ1) is 10.3. The van der Waals surface area contributed by atoms with Gasteiger partial charge in [-0.1, -0.05) is 30.3 Å². The maximum absolute atomic E-state index is 5.38. The Kier molecular flexibility index (Phi) is 3.20. The zero-order valence-corrected chi connectivity index (χ0v) is 12.2. The molecule has 2 aliphatic rings. The fourth-order valence-electron chi connectivity index (χ4n) is 3.13. The highest BCUT2D eigenvalue weighted by atomic mass is 16.5. The molecule has 4 heteroatoms. The summed E-state index contributed by atoms with van der Waals surface area (Å²) in [7, 11) is 0. The van der Waals surface area contributed by atoms with E-state index in [1.807, 2.05) is 18.2 Å². The normalized spacial score (nSPS) is 21.7. The van der Waals surface area contributed by atoms with Crippen molar-refractivity contribution in [3.8, 4) is 11.4 Å². The van der Waals surface area contributed by atoms with E-state index in [1.165, 1.54) is 17.0 Å². The van der Waals surface area contributed by atoms with Crippen molar-refractivity contribution in [2.24, 2.45) is 0 Å². The average Bonchev–Trinajstić information content (AvgIpc) is 2.46. The average molecular weight is 281 g/mol. The van der Waals surface area contributed by atoms with Crippen molar-refractivity contribution in [1.82, 2.24) is 15.3 Å². The van der Waals surface area contributed by atoms with Crippen molar-refractivity contribution in [3.63, 3.8) is 0 Å². The molecule has 0 spiro atoms. The third kappa shape index (κ3) is 2.24. The molecule has 0 bridgehead atoms. The lowest BCUT2D eigenvalue weighted by atomic mass is 9.90. The van der Waals surface area contributed by atoms with E-state index in [9.17, 15) is 0 Å². The van der Waals surface area contributed by atoms with E-state index in [-0.39, 0.29) is 0 Å². The van der Waals surface area contributed by atoms with Gasteiger partial charge < -0.3 is 10.1 Å². The van der Waals surface area contributed by atoms with Crippen LogP contribution in [0.2, 0.25) is 0 Å². The molecule has 21 heavy (non-hydrogen) atoms. The van der Waals surface area contributed by atoms with Crippen LogP contribution in [0.4, 0.5) is 0 Å². The molecule has 4 nitrogen and oxygen atoms in total. The number of ether oxygens (including phenoxy) is 1. The van der Waals surface area contributed by atoms with Gasteiger partial charge in [-0.3, -0.25) is 0 Å². The second-order valence-electron chi connectivity index (χ2n) is 5.82. The summed E-state index contributed by atoms with van der Waals surface area (Å²) in [5.74, 6) is 1.27. The molecule has 1 aromatic heterocycles. The molecule has 1 atom stereocenters. The van der Waals surface area contributed by atoms with Crippen molar-refractivity contribution in [3.05, 3.63) is 47.3 Å². The molecule has 1 fully saturated rings. The Labute approximate surface area is 124 Å². The Hall–Kier alpha value is -1.78. The standard InChI is InChI=1S/C17H19N3O/c1-11-15-14(7-8-18-11)19-17(12-5-3-2-4-6-12)20-16(15)13-9-21-10-13/h2-6,11,13,18H,7-10H2,1H3. The molecule has 1 unspecified atom stereocenters. The van der Waals surface area contributed by atoms with Gasteiger partial charge in [-0.05, 0) is 6.92 Å². The second kappa shape index (κ2) is 5.20. The fraction of sp³-hybridized carbons (Fsp3) is 0.412. The lowest BCUT2D eigenvalue weighted by molar-refractivity contribution is 0.00604. The smallest absolute Gasteiger partial charge is 0.159 e. The Bertz CT molecular complexity index is 653. The van der Waals surface area contributed by atoms with Gasteiger partial charge in [0.1, 0.15) is 0 Å². The van der Waals surface area contributed by atoms with Gasteiger partial charge in [-0.15, -0.1) is 0 Å². The minimum Gasteiger partial charge on any atom is -0.380 e.